The average Bonchev–Trinajstić information content (AvgIpc) is 3.53. The van der Waals surface area contributed by atoms with Crippen LogP contribution in [-0.2, 0) is 39.9 Å². The van der Waals surface area contributed by atoms with Gasteiger partial charge in [0.25, 0.3) is 26.1 Å². The van der Waals surface area contributed by atoms with Gasteiger partial charge in [0, 0.05) is 55.6 Å². The van der Waals surface area contributed by atoms with Crippen LogP contribution in [-0.4, -0.2) is 98.6 Å². The predicted octanol–water partition coefficient (Wildman–Crippen LogP) is 7.37. The highest BCUT2D eigenvalue weighted by Gasteiger charge is 2.30. The number of ether oxygens (including phenoxy) is 2. The molecule has 4 rings (SSSR count). The molecule has 0 atom stereocenters. The average molecular weight is 922 g/mol. The van der Waals surface area contributed by atoms with Crippen molar-refractivity contribution in [3.8, 4) is 11.8 Å². The second-order valence-electron chi connectivity index (χ2n) is 14.5. The van der Waals surface area contributed by atoms with E-state index in [0.717, 1.165) is 0 Å². The molecule has 22 heteroatoms. The summed E-state index contributed by atoms with van der Waals surface area (Å²) in [5, 5.41) is 29.7. The lowest BCUT2D eigenvalue weighted by atomic mass is 9.90. The summed E-state index contributed by atoms with van der Waals surface area (Å²) in [4.78, 5) is 27.1. The minimum atomic E-state index is -4.14. The van der Waals surface area contributed by atoms with Crippen molar-refractivity contribution in [2.45, 2.75) is 46.0 Å². The summed E-state index contributed by atoms with van der Waals surface area (Å²) in [6, 6.07) is 18.6. The highest BCUT2D eigenvalue weighted by molar-refractivity contribution is 7.86. The van der Waals surface area contributed by atoms with Gasteiger partial charge in [-0.15, -0.1) is 10.2 Å². The first-order valence-electron chi connectivity index (χ1n) is 18.7. The van der Waals surface area contributed by atoms with Crippen molar-refractivity contribution >= 4 is 83.8 Å². The van der Waals surface area contributed by atoms with E-state index in [9.17, 15) is 31.7 Å². The van der Waals surface area contributed by atoms with Crippen molar-refractivity contribution in [2.24, 2.45) is 10.2 Å². The first kappa shape index (κ1) is 48.7. The molecule has 328 valence electrons. The Bertz CT molecular complexity index is 2420. The molecule has 18 nitrogen and oxygen atoms in total. The van der Waals surface area contributed by atoms with Gasteiger partial charge in [-0.05, 0) is 55.3 Å². The minimum absolute atomic E-state index is 0.0194. The maximum Gasteiger partial charge on any atom is 0.264 e. The van der Waals surface area contributed by atoms with Gasteiger partial charge < -0.3 is 25.0 Å². The van der Waals surface area contributed by atoms with Gasteiger partial charge in [-0.2, -0.15) is 27.2 Å². The van der Waals surface area contributed by atoms with Crippen molar-refractivity contribution in [2.75, 3.05) is 66.6 Å². The first-order valence-corrected chi connectivity index (χ1v) is 22.7. The second kappa shape index (κ2) is 21.7. The summed E-state index contributed by atoms with van der Waals surface area (Å²) in [7, 11) is -8.28. The number of benzene rings is 3. The van der Waals surface area contributed by atoms with Crippen LogP contribution in [0.25, 0.3) is 5.69 Å². The Morgan fingerprint density at radius 1 is 0.869 bits per heavy atom. The Morgan fingerprint density at radius 3 is 1.95 bits per heavy atom. The number of aromatic nitrogens is 2. The Balaban J connectivity index is 1.69. The molecule has 0 fully saturated rings. The first-order chi connectivity index (χ1) is 28.7. The van der Waals surface area contributed by atoms with Crippen LogP contribution in [0.5, 0.6) is 0 Å². The standard InChI is InChI=1S/C39H46Cl2N8O10S2/c1-26(50)43-34-24-29(48(14-18-58-16-8-20-60(52,53)54)15-19-59-17-9-21-61(55,56)57)12-13-33(34)45-46-37-30(25-42)36(39(2,3)4)47-49(37)35-31(40)22-28(23-32(35)41)44-38(51)27-10-6-5-7-11-27/h5-7,10-13,22-24H,8-9,14-21H2,1-4H3,(H,43,50)(H,44,51)(H,52,53,54)(H,55,56,57). The van der Waals surface area contributed by atoms with Gasteiger partial charge in [-0.25, -0.2) is 4.68 Å². The molecule has 0 aliphatic heterocycles. The number of amides is 2. The molecule has 1 aromatic heterocycles. The van der Waals surface area contributed by atoms with Gasteiger partial charge in [-0.3, -0.25) is 18.7 Å². The number of nitrogens with zero attached hydrogens (tertiary/aromatic N) is 6. The third-order valence-corrected chi connectivity index (χ3v) is 10.7. The Labute approximate surface area is 364 Å². The number of nitriles is 1. The Hall–Kier alpha value is -4.98. The fraction of sp³-hybridized carbons (Fsp3) is 0.385. The monoisotopic (exact) mass is 920 g/mol. The number of anilines is 3. The molecular formula is C39H46Cl2N8O10S2. The molecule has 1 heterocycles. The third kappa shape index (κ3) is 15.2. The lowest BCUT2D eigenvalue weighted by Crippen LogP contribution is -2.31. The van der Waals surface area contributed by atoms with E-state index < -0.39 is 43.1 Å². The Kier molecular flexibility index (Phi) is 17.3. The second-order valence-corrected chi connectivity index (χ2v) is 18.5. The van der Waals surface area contributed by atoms with Gasteiger partial charge in [-0.1, -0.05) is 62.2 Å². The number of nitrogens with one attached hydrogen (secondary N) is 2. The molecule has 0 bridgehead atoms. The van der Waals surface area contributed by atoms with E-state index in [0.29, 0.717) is 22.6 Å². The molecule has 4 N–H and O–H groups in total. The van der Waals surface area contributed by atoms with E-state index >= 15 is 0 Å². The van der Waals surface area contributed by atoms with Crippen LogP contribution in [0.3, 0.4) is 0 Å². The smallest absolute Gasteiger partial charge is 0.264 e. The molecular weight excluding hydrogens is 876 g/mol. The number of hydrogen-bond donors (Lipinski definition) is 4. The van der Waals surface area contributed by atoms with E-state index in [-0.39, 0.29) is 96.8 Å². The highest BCUT2D eigenvalue weighted by Crippen LogP contribution is 2.40. The number of halogens is 2. The largest absolute Gasteiger partial charge is 0.380 e. The molecule has 4 aromatic rings. The topological polar surface area (TPSA) is 255 Å². The quantitative estimate of drug-likeness (QED) is 0.0362. The third-order valence-electron chi connectivity index (χ3n) is 8.51. The van der Waals surface area contributed by atoms with E-state index in [2.05, 4.69) is 26.9 Å². The lowest BCUT2D eigenvalue weighted by Gasteiger charge is -2.25. The van der Waals surface area contributed by atoms with Crippen LogP contribution >= 0.6 is 23.2 Å². The van der Waals surface area contributed by atoms with Crippen molar-refractivity contribution in [3.63, 3.8) is 0 Å². The lowest BCUT2D eigenvalue weighted by molar-refractivity contribution is -0.114. The van der Waals surface area contributed by atoms with Crippen LogP contribution in [0.1, 0.15) is 62.2 Å². The van der Waals surface area contributed by atoms with Crippen LogP contribution < -0.4 is 15.5 Å². The molecule has 3 aromatic carbocycles. The molecule has 0 radical (unpaired) electrons. The number of carbonyl (C=O) groups is 2. The van der Waals surface area contributed by atoms with Crippen molar-refractivity contribution in [1.82, 2.24) is 9.78 Å². The molecule has 0 saturated heterocycles. The maximum atomic E-state index is 12.9. The van der Waals surface area contributed by atoms with E-state index in [1.165, 1.54) is 23.7 Å². The van der Waals surface area contributed by atoms with Crippen LogP contribution in [0.2, 0.25) is 10.0 Å². The fourth-order valence-electron chi connectivity index (χ4n) is 5.73. The molecule has 0 unspecified atom stereocenters. The predicted molar refractivity (Wildman–Crippen MR) is 232 cm³/mol. The zero-order valence-corrected chi connectivity index (χ0v) is 36.9. The Morgan fingerprint density at radius 2 is 1.44 bits per heavy atom. The van der Waals surface area contributed by atoms with Crippen LogP contribution in [0.15, 0.2) is 70.9 Å². The number of azo groups is 1. The van der Waals surface area contributed by atoms with Crippen LogP contribution in [0, 0.1) is 11.3 Å². The van der Waals surface area contributed by atoms with Crippen molar-refractivity contribution in [1.29, 1.82) is 5.26 Å². The van der Waals surface area contributed by atoms with E-state index in [1.54, 1.807) is 48.5 Å². The SMILES string of the molecule is CC(=O)Nc1cc(N(CCOCCCS(=O)(=O)O)CCOCCCS(=O)(=O)O)ccc1N=Nc1c(C#N)c(C(C)(C)C)nn1-c1c(Cl)cc(NC(=O)c2ccccc2)cc1Cl. The number of hydrogen-bond acceptors (Lipinski definition) is 13. The normalized spacial score (nSPS) is 12.0. The molecule has 2 amide bonds. The molecule has 0 spiro atoms. The van der Waals surface area contributed by atoms with E-state index in [4.69, 9.17) is 46.9 Å². The van der Waals surface area contributed by atoms with Gasteiger partial charge >= 0.3 is 0 Å². The van der Waals surface area contributed by atoms with Crippen molar-refractivity contribution < 1.29 is 45.0 Å². The maximum absolute atomic E-state index is 12.9. The summed E-state index contributed by atoms with van der Waals surface area (Å²) in [5.74, 6) is -1.75. The van der Waals surface area contributed by atoms with Gasteiger partial charge in [0.15, 0.2) is 5.82 Å². The molecule has 61 heavy (non-hydrogen) atoms. The minimum Gasteiger partial charge on any atom is -0.380 e. The highest BCUT2D eigenvalue weighted by atomic mass is 35.5. The van der Waals surface area contributed by atoms with E-state index in [1.807, 2.05) is 25.7 Å². The summed E-state index contributed by atoms with van der Waals surface area (Å²) in [6.45, 7) is 7.79. The van der Waals surface area contributed by atoms with Gasteiger partial charge in [0.2, 0.25) is 5.91 Å². The molecule has 0 saturated carbocycles. The number of carbonyl (C=O) groups excluding carboxylic acids is 2. The summed E-state index contributed by atoms with van der Waals surface area (Å²) >= 11 is 13.6. The zero-order valence-electron chi connectivity index (χ0n) is 33.8. The fourth-order valence-corrected chi connectivity index (χ4v) is 7.34. The molecule has 0 aliphatic carbocycles. The van der Waals surface area contributed by atoms with Crippen molar-refractivity contribution in [3.05, 3.63) is 87.5 Å². The number of rotatable bonds is 21. The summed E-state index contributed by atoms with van der Waals surface area (Å²) in [5.41, 5.74) is 1.67. The summed E-state index contributed by atoms with van der Waals surface area (Å²) in [6.07, 6.45) is 0.144. The van der Waals surface area contributed by atoms with Gasteiger partial charge in [0.1, 0.15) is 23.0 Å². The zero-order chi connectivity index (χ0) is 45.0. The van der Waals surface area contributed by atoms with Crippen LogP contribution in [0.4, 0.5) is 28.6 Å². The summed E-state index contributed by atoms with van der Waals surface area (Å²) < 4.78 is 74.8. The van der Waals surface area contributed by atoms with Gasteiger partial charge in [0.05, 0.1) is 46.1 Å². The molecule has 0 aliphatic rings.